The summed E-state index contributed by atoms with van der Waals surface area (Å²) >= 11 is 0. The summed E-state index contributed by atoms with van der Waals surface area (Å²) in [5, 5.41) is 0. The van der Waals surface area contributed by atoms with Gasteiger partial charge in [-0.3, -0.25) is 9.69 Å². The van der Waals surface area contributed by atoms with Gasteiger partial charge in [0.25, 0.3) is 0 Å². The highest BCUT2D eigenvalue weighted by atomic mass is 16.5. The van der Waals surface area contributed by atoms with E-state index in [1.165, 1.54) is 0 Å². The lowest BCUT2D eigenvalue weighted by atomic mass is 9.89. The molecular formula is C17H28N4O2. The van der Waals surface area contributed by atoms with E-state index in [0.717, 1.165) is 44.2 Å². The Morgan fingerprint density at radius 2 is 1.78 bits per heavy atom. The summed E-state index contributed by atoms with van der Waals surface area (Å²) in [4.78, 5) is 24.9. The van der Waals surface area contributed by atoms with Gasteiger partial charge in [-0.25, -0.2) is 9.97 Å². The molecule has 0 amide bonds. The van der Waals surface area contributed by atoms with Crippen molar-refractivity contribution in [2.75, 3.05) is 44.2 Å². The van der Waals surface area contributed by atoms with Crippen molar-refractivity contribution in [2.45, 2.75) is 39.5 Å². The molecule has 23 heavy (non-hydrogen) atoms. The van der Waals surface area contributed by atoms with Crippen LogP contribution in [0.3, 0.4) is 0 Å². The van der Waals surface area contributed by atoms with E-state index in [9.17, 15) is 4.79 Å². The van der Waals surface area contributed by atoms with Crippen molar-refractivity contribution < 1.29 is 9.53 Å². The molecule has 2 heterocycles. The molecule has 2 rings (SSSR count). The van der Waals surface area contributed by atoms with Crippen molar-refractivity contribution in [1.29, 1.82) is 0 Å². The number of rotatable bonds is 5. The molecule has 1 aromatic heterocycles. The number of hydrogen-bond donors (Lipinski definition) is 0. The second kappa shape index (κ2) is 7.73. The maximum atomic E-state index is 11.4. The first-order valence-corrected chi connectivity index (χ1v) is 8.35. The third-order valence-electron chi connectivity index (χ3n) is 4.10. The van der Waals surface area contributed by atoms with E-state index < -0.39 is 0 Å². The number of hydrogen-bond acceptors (Lipinski definition) is 6. The minimum absolute atomic E-state index is 0.0737. The molecule has 1 saturated heterocycles. The highest BCUT2D eigenvalue weighted by molar-refractivity contribution is 5.69. The average Bonchev–Trinajstić information content (AvgIpc) is 2.53. The lowest BCUT2D eigenvalue weighted by molar-refractivity contribution is -0.143. The number of piperazine rings is 1. The molecule has 0 N–H and O–H groups in total. The molecule has 0 bridgehead atoms. The smallest absolute Gasteiger partial charge is 0.307 e. The molecule has 0 saturated carbocycles. The number of carbonyl (C=O) groups excluding carboxylic acids is 1. The molecular weight excluding hydrogens is 292 g/mol. The zero-order valence-electron chi connectivity index (χ0n) is 14.7. The highest BCUT2D eigenvalue weighted by Gasteiger charge is 2.20. The van der Waals surface area contributed by atoms with Gasteiger partial charge in [0, 0.05) is 45.1 Å². The molecule has 6 nitrogen and oxygen atoms in total. The summed E-state index contributed by atoms with van der Waals surface area (Å²) in [5.74, 6) is 0.680. The Balaban J connectivity index is 1.81. The molecule has 1 aliphatic heterocycles. The van der Waals surface area contributed by atoms with Crippen LogP contribution < -0.4 is 4.90 Å². The van der Waals surface area contributed by atoms with Crippen molar-refractivity contribution in [3.8, 4) is 0 Å². The predicted octanol–water partition coefficient (Wildman–Crippen LogP) is 1.85. The van der Waals surface area contributed by atoms with Gasteiger partial charge in [0.1, 0.15) is 0 Å². The quantitative estimate of drug-likeness (QED) is 0.772. The van der Waals surface area contributed by atoms with E-state index in [4.69, 9.17) is 4.74 Å². The Bertz CT molecular complexity index is 502. The van der Waals surface area contributed by atoms with Crippen LogP contribution in [0.2, 0.25) is 0 Å². The molecule has 0 unspecified atom stereocenters. The maximum Gasteiger partial charge on any atom is 0.307 e. The van der Waals surface area contributed by atoms with Gasteiger partial charge in [-0.05, 0) is 17.9 Å². The van der Waals surface area contributed by atoms with Crippen LogP contribution >= 0.6 is 0 Å². The van der Waals surface area contributed by atoms with Crippen LogP contribution in [-0.4, -0.2) is 60.2 Å². The number of ether oxygens (including phenoxy) is 1. The first kappa shape index (κ1) is 17.7. The Morgan fingerprint density at radius 1 is 1.17 bits per heavy atom. The number of anilines is 1. The van der Waals surface area contributed by atoms with E-state index in [2.05, 4.69) is 40.5 Å². The van der Waals surface area contributed by atoms with Crippen molar-refractivity contribution in [3.05, 3.63) is 18.0 Å². The molecule has 0 spiro atoms. The van der Waals surface area contributed by atoms with Gasteiger partial charge in [-0.15, -0.1) is 0 Å². The SMILES string of the molecule is CCOC(=O)CCN1CCN(c2ncc(C(C)(C)C)cn2)CC1. The van der Waals surface area contributed by atoms with Gasteiger partial charge >= 0.3 is 5.97 Å². The van der Waals surface area contributed by atoms with Crippen LogP contribution in [0.1, 0.15) is 39.7 Å². The average molecular weight is 320 g/mol. The largest absolute Gasteiger partial charge is 0.466 e. The molecule has 0 aliphatic carbocycles. The zero-order valence-corrected chi connectivity index (χ0v) is 14.7. The fourth-order valence-corrected chi connectivity index (χ4v) is 2.53. The van der Waals surface area contributed by atoms with Crippen molar-refractivity contribution in [1.82, 2.24) is 14.9 Å². The minimum atomic E-state index is -0.115. The van der Waals surface area contributed by atoms with Gasteiger partial charge in [-0.1, -0.05) is 20.8 Å². The van der Waals surface area contributed by atoms with Crippen molar-refractivity contribution in [3.63, 3.8) is 0 Å². The molecule has 1 aliphatic rings. The third kappa shape index (κ3) is 5.16. The fraction of sp³-hybridized carbons (Fsp3) is 0.706. The number of aromatic nitrogens is 2. The first-order valence-electron chi connectivity index (χ1n) is 8.35. The van der Waals surface area contributed by atoms with Crippen LogP contribution in [0.5, 0.6) is 0 Å². The Hall–Kier alpha value is -1.69. The Kier molecular flexibility index (Phi) is 5.93. The minimum Gasteiger partial charge on any atom is -0.466 e. The van der Waals surface area contributed by atoms with Crippen molar-refractivity contribution >= 4 is 11.9 Å². The maximum absolute atomic E-state index is 11.4. The summed E-state index contributed by atoms with van der Waals surface area (Å²) in [7, 11) is 0. The predicted molar refractivity (Wildman–Crippen MR) is 90.6 cm³/mol. The van der Waals surface area contributed by atoms with E-state index in [1.807, 2.05) is 19.3 Å². The lowest BCUT2D eigenvalue weighted by Crippen LogP contribution is -2.47. The normalized spacial score (nSPS) is 16.4. The van der Waals surface area contributed by atoms with Gasteiger partial charge in [0.15, 0.2) is 0 Å². The third-order valence-corrected chi connectivity index (χ3v) is 4.10. The zero-order chi connectivity index (χ0) is 16.9. The summed E-state index contributed by atoms with van der Waals surface area (Å²) in [6.45, 7) is 13.1. The molecule has 1 fully saturated rings. The Morgan fingerprint density at radius 3 is 2.30 bits per heavy atom. The molecule has 6 heteroatoms. The van der Waals surface area contributed by atoms with Gasteiger partial charge < -0.3 is 9.64 Å². The number of carbonyl (C=O) groups is 1. The topological polar surface area (TPSA) is 58.6 Å². The molecule has 128 valence electrons. The molecule has 1 aromatic rings. The Labute approximate surface area is 138 Å². The lowest BCUT2D eigenvalue weighted by Gasteiger charge is -2.34. The number of esters is 1. The van der Waals surface area contributed by atoms with Crippen LogP contribution in [0.4, 0.5) is 5.95 Å². The van der Waals surface area contributed by atoms with E-state index in [0.29, 0.717) is 13.0 Å². The van der Waals surface area contributed by atoms with Crippen LogP contribution in [-0.2, 0) is 14.9 Å². The van der Waals surface area contributed by atoms with Gasteiger partial charge in [-0.2, -0.15) is 0 Å². The van der Waals surface area contributed by atoms with Gasteiger partial charge in [0.05, 0.1) is 13.0 Å². The standard InChI is InChI=1S/C17H28N4O2/c1-5-23-15(22)6-7-20-8-10-21(11-9-20)16-18-12-14(13-19-16)17(2,3)4/h12-13H,5-11H2,1-4H3. The fourth-order valence-electron chi connectivity index (χ4n) is 2.53. The molecule has 0 radical (unpaired) electrons. The van der Waals surface area contributed by atoms with Crippen LogP contribution in [0.15, 0.2) is 12.4 Å². The summed E-state index contributed by atoms with van der Waals surface area (Å²) in [6.07, 6.45) is 4.32. The summed E-state index contributed by atoms with van der Waals surface area (Å²) in [6, 6.07) is 0. The van der Waals surface area contributed by atoms with Gasteiger partial charge in [0.2, 0.25) is 5.95 Å². The van der Waals surface area contributed by atoms with E-state index in [-0.39, 0.29) is 11.4 Å². The monoisotopic (exact) mass is 320 g/mol. The van der Waals surface area contributed by atoms with Crippen molar-refractivity contribution in [2.24, 2.45) is 0 Å². The highest BCUT2D eigenvalue weighted by Crippen LogP contribution is 2.21. The number of nitrogens with zero attached hydrogens (tertiary/aromatic N) is 4. The second-order valence-electron chi connectivity index (χ2n) is 6.91. The summed E-state index contributed by atoms with van der Waals surface area (Å²) < 4.78 is 4.97. The summed E-state index contributed by atoms with van der Waals surface area (Å²) in [5.41, 5.74) is 1.22. The van der Waals surface area contributed by atoms with E-state index in [1.54, 1.807) is 0 Å². The van der Waals surface area contributed by atoms with Crippen LogP contribution in [0.25, 0.3) is 0 Å². The second-order valence-corrected chi connectivity index (χ2v) is 6.91. The molecule has 0 atom stereocenters. The first-order chi connectivity index (χ1) is 10.9. The molecule has 0 aromatic carbocycles. The van der Waals surface area contributed by atoms with E-state index >= 15 is 0 Å². The van der Waals surface area contributed by atoms with Crippen LogP contribution in [0, 0.1) is 0 Å².